The van der Waals surface area contributed by atoms with Gasteiger partial charge in [0.15, 0.2) is 5.82 Å². The van der Waals surface area contributed by atoms with Crippen molar-refractivity contribution in [3.63, 3.8) is 0 Å². The highest BCUT2D eigenvalue weighted by Crippen LogP contribution is 2.25. The Kier molecular flexibility index (Phi) is 5.68. The summed E-state index contributed by atoms with van der Waals surface area (Å²) in [5.74, 6) is -1.02. The van der Waals surface area contributed by atoms with Gasteiger partial charge in [-0.3, -0.25) is 9.69 Å². The van der Waals surface area contributed by atoms with E-state index in [0.29, 0.717) is 24.4 Å². The molecule has 2 aromatic carbocycles. The smallest absolute Gasteiger partial charge is 0.303 e. The molecule has 0 spiro atoms. The van der Waals surface area contributed by atoms with Gasteiger partial charge >= 0.3 is 5.97 Å². The maximum absolute atomic E-state index is 14.9. The molecule has 0 saturated carbocycles. The molecule has 1 aromatic heterocycles. The third kappa shape index (κ3) is 4.28. The molecule has 0 amide bonds. The Morgan fingerprint density at radius 3 is 2.63 bits per heavy atom. The fourth-order valence-electron chi connectivity index (χ4n) is 4.01. The average Bonchev–Trinajstić information content (AvgIpc) is 3.01. The zero-order valence-electron chi connectivity index (χ0n) is 17.4. The lowest BCUT2D eigenvalue weighted by molar-refractivity contribution is -0.136. The molecule has 1 aliphatic heterocycles. The van der Waals surface area contributed by atoms with E-state index in [0.717, 1.165) is 36.3 Å². The Balaban J connectivity index is 1.52. The van der Waals surface area contributed by atoms with Crippen LogP contribution in [0.25, 0.3) is 5.69 Å². The van der Waals surface area contributed by atoms with Gasteiger partial charge in [-0.2, -0.15) is 5.10 Å². The van der Waals surface area contributed by atoms with Crippen molar-refractivity contribution in [2.24, 2.45) is 0 Å². The van der Waals surface area contributed by atoms with Crippen LogP contribution in [0.1, 0.15) is 40.1 Å². The van der Waals surface area contributed by atoms with E-state index in [-0.39, 0.29) is 12.2 Å². The molecule has 1 N–H and O–H groups in total. The Morgan fingerprint density at radius 1 is 1.13 bits per heavy atom. The Morgan fingerprint density at radius 2 is 1.90 bits per heavy atom. The molecule has 0 fully saturated rings. The molecule has 1 aliphatic rings. The predicted molar refractivity (Wildman–Crippen MR) is 113 cm³/mol. The first-order valence-electron chi connectivity index (χ1n) is 10.3. The maximum atomic E-state index is 14.9. The van der Waals surface area contributed by atoms with Crippen LogP contribution in [0.4, 0.5) is 4.39 Å². The number of carbonyl (C=O) groups is 1. The van der Waals surface area contributed by atoms with Crippen molar-refractivity contribution in [3.8, 4) is 5.69 Å². The van der Waals surface area contributed by atoms with Gasteiger partial charge in [0.1, 0.15) is 0 Å². The van der Waals surface area contributed by atoms with Crippen LogP contribution in [0.2, 0.25) is 0 Å². The summed E-state index contributed by atoms with van der Waals surface area (Å²) in [6.07, 6.45) is 1.56. The van der Waals surface area contributed by atoms with Gasteiger partial charge < -0.3 is 5.11 Å². The first-order chi connectivity index (χ1) is 14.4. The molecule has 0 bridgehead atoms. The lowest BCUT2D eigenvalue weighted by Gasteiger charge is -2.29. The standard InChI is InChI=1S/C24H26FN3O2/c1-16-3-8-21(9-4-16)28-22(24(25)17(2)26-28)15-27-12-11-19-13-18(6-10-23(29)30)5-7-20(19)14-27/h3-5,7-9,13H,6,10-12,14-15H2,1-2H3,(H,29,30). The van der Waals surface area contributed by atoms with E-state index in [9.17, 15) is 9.18 Å². The number of rotatable bonds is 6. The number of nitrogens with zero attached hydrogens (tertiary/aromatic N) is 3. The van der Waals surface area contributed by atoms with Gasteiger partial charge in [0, 0.05) is 26.1 Å². The number of hydrogen-bond acceptors (Lipinski definition) is 3. The first-order valence-corrected chi connectivity index (χ1v) is 10.3. The number of aromatic nitrogens is 2. The predicted octanol–water partition coefficient (Wildman–Crippen LogP) is 4.20. The molecule has 0 saturated heterocycles. The molecule has 0 unspecified atom stereocenters. The van der Waals surface area contributed by atoms with E-state index in [2.05, 4.69) is 22.1 Å². The van der Waals surface area contributed by atoms with E-state index in [1.165, 1.54) is 11.1 Å². The van der Waals surface area contributed by atoms with Crippen LogP contribution in [0.15, 0.2) is 42.5 Å². The quantitative estimate of drug-likeness (QED) is 0.665. The molecule has 0 atom stereocenters. The monoisotopic (exact) mass is 407 g/mol. The molecular formula is C24H26FN3O2. The van der Waals surface area contributed by atoms with Crippen molar-refractivity contribution in [1.82, 2.24) is 14.7 Å². The average molecular weight is 407 g/mol. The van der Waals surface area contributed by atoms with Crippen molar-refractivity contribution in [1.29, 1.82) is 0 Å². The summed E-state index contributed by atoms with van der Waals surface area (Å²) in [7, 11) is 0. The molecule has 4 rings (SSSR count). The number of aliphatic carboxylic acids is 1. The minimum absolute atomic E-state index is 0.145. The summed E-state index contributed by atoms with van der Waals surface area (Å²) >= 11 is 0. The van der Waals surface area contributed by atoms with Crippen molar-refractivity contribution in [3.05, 3.63) is 81.9 Å². The van der Waals surface area contributed by atoms with Gasteiger partial charge in [-0.25, -0.2) is 9.07 Å². The van der Waals surface area contributed by atoms with Crippen LogP contribution in [0, 0.1) is 19.7 Å². The van der Waals surface area contributed by atoms with Gasteiger partial charge in [-0.1, -0.05) is 35.9 Å². The summed E-state index contributed by atoms with van der Waals surface area (Å²) in [6, 6.07) is 14.2. The normalized spacial score (nSPS) is 14.0. The van der Waals surface area contributed by atoms with Gasteiger partial charge in [-0.15, -0.1) is 0 Å². The van der Waals surface area contributed by atoms with Crippen molar-refractivity contribution >= 4 is 5.97 Å². The molecule has 0 radical (unpaired) electrons. The molecule has 0 aliphatic carbocycles. The van der Waals surface area contributed by atoms with Gasteiger partial charge in [0.25, 0.3) is 0 Å². The summed E-state index contributed by atoms with van der Waals surface area (Å²) in [6.45, 7) is 5.78. The van der Waals surface area contributed by atoms with Crippen molar-refractivity contribution < 1.29 is 14.3 Å². The molecule has 2 heterocycles. The number of aryl methyl sites for hydroxylation is 3. The number of halogens is 1. The van der Waals surface area contributed by atoms with Crippen LogP contribution in [-0.4, -0.2) is 32.3 Å². The molecule has 3 aromatic rings. The third-order valence-corrected chi connectivity index (χ3v) is 5.72. The van der Waals surface area contributed by atoms with E-state index in [4.69, 9.17) is 5.11 Å². The van der Waals surface area contributed by atoms with Crippen molar-refractivity contribution in [2.45, 2.75) is 46.2 Å². The zero-order valence-corrected chi connectivity index (χ0v) is 17.4. The number of carboxylic acids is 1. The molecule has 6 heteroatoms. The molecule has 30 heavy (non-hydrogen) atoms. The number of fused-ring (bicyclic) bond motifs is 1. The van der Waals surface area contributed by atoms with Crippen LogP contribution in [0.3, 0.4) is 0 Å². The highest BCUT2D eigenvalue weighted by atomic mass is 19.1. The second kappa shape index (κ2) is 8.40. The van der Waals surface area contributed by atoms with Crippen molar-refractivity contribution in [2.75, 3.05) is 6.54 Å². The number of carboxylic acid groups (broad SMARTS) is 1. The minimum Gasteiger partial charge on any atom is -0.481 e. The Labute approximate surface area is 175 Å². The largest absolute Gasteiger partial charge is 0.481 e. The van der Waals surface area contributed by atoms with E-state index >= 15 is 0 Å². The van der Waals surface area contributed by atoms with Crippen LogP contribution >= 0.6 is 0 Å². The van der Waals surface area contributed by atoms with Gasteiger partial charge in [-0.05, 0) is 55.5 Å². The third-order valence-electron chi connectivity index (χ3n) is 5.72. The fourth-order valence-corrected chi connectivity index (χ4v) is 4.01. The lowest BCUT2D eigenvalue weighted by Crippen LogP contribution is -2.31. The van der Waals surface area contributed by atoms with E-state index in [1.54, 1.807) is 11.6 Å². The summed E-state index contributed by atoms with van der Waals surface area (Å²) in [4.78, 5) is 13.0. The molecule has 5 nitrogen and oxygen atoms in total. The zero-order chi connectivity index (χ0) is 21.3. The maximum Gasteiger partial charge on any atom is 0.303 e. The number of benzene rings is 2. The summed E-state index contributed by atoms with van der Waals surface area (Å²) in [5.41, 5.74) is 6.55. The lowest BCUT2D eigenvalue weighted by atomic mass is 9.95. The second-order valence-corrected chi connectivity index (χ2v) is 8.05. The van der Waals surface area contributed by atoms with Crippen LogP contribution < -0.4 is 0 Å². The summed E-state index contributed by atoms with van der Waals surface area (Å²) in [5, 5.41) is 13.3. The molecular weight excluding hydrogens is 381 g/mol. The minimum atomic E-state index is -0.776. The van der Waals surface area contributed by atoms with E-state index in [1.807, 2.05) is 37.3 Å². The fraction of sp³-hybridized carbons (Fsp3) is 0.333. The SMILES string of the molecule is Cc1ccc(-n2nc(C)c(F)c2CN2CCc3cc(CCC(=O)O)ccc3C2)cc1. The molecule has 156 valence electrons. The highest BCUT2D eigenvalue weighted by molar-refractivity contribution is 5.67. The Bertz CT molecular complexity index is 1070. The first kappa shape index (κ1) is 20.3. The van der Waals surface area contributed by atoms with Crippen LogP contribution in [0.5, 0.6) is 0 Å². The Hall–Kier alpha value is -2.99. The van der Waals surface area contributed by atoms with E-state index < -0.39 is 5.97 Å². The highest BCUT2D eigenvalue weighted by Gasteiger charge is 2.22. The van der Waals surface area contributed by atoms with Gasteiger partial charge in [0.2, 0.25) is 0 Å². The topological polar surface area (TPSA) is 58.4 Å². The van der Waals surface area contributed by atoms with Crippen LogP contribution in [-0.2, 0) is 30.7 Å². The second-order valence-electron chi connectivity index (χ2n) is 8.05. The van der Waals surface area contributed by atoms with Gasteiger partial charge in [0.05, 0.1) is 17.1 Å². The number of hydrogen-bond donors (Lipinski definition) is 1. The summed E-state index contributed by atoms with van der Waals surface area (Å²) < 4.78 is 16.6.